The summed E-state index contributed by atoms with van der Waals surface area (Å²) in [5, 5.41) is 0. The van der Waals surface area contributed by atoms with E-state index < -0.39 is 0 Å². The summed E-state index contributed by atoms with van der Waals surface area (Å²) in [6.45, 7) is 0. The van der Waals surface area contributed by atoms with E-state index in [1.54, 1.807) is 0 Å². The molecule has 0 aliphatic heterocycles. The summed E-state index contributed by atoms with van der Waals surface area (Å²) in [6, 6.07) is 13.6. The lowest BCUT2D eigenvalue weighted by Crippen LogP contribution is -2.16. The second kappa shape index (κ2) is 8.84. The van der Waals surface area contributed by atoms with Crippen LogP contribution >= 0.6 is 12.4 Å². The van der Waals surface area contributed by atoms with E-state index in [1.165, 1.54) is 7.11 Å². The number of carbonyl (C=O) groups excluding carboxylic acids is 1. The van der Waals surface area contributed by atoms with Gasteiger partial charge in [-0.1, -0.05) is 30.3 Å². The summed E-state index contributed by atoms with van der Waals surface area (Å²) in [4.78, 5) is 11.5. The van der Waals surface area contributed by atoms with Crippen molar-refractivity contribution in [2.24, 2.45) is 5.73 Å². The van der Waals surface area contributed by atoms with Crippen molar-refractivity contribution in [2.45, 2.75) is 50.4 Å². The van der Waals surface area contributed by atoms with Gasteiger partial charge in [-0.2, -0.15) is 0 Å². The zero-order valence-electron chi connectivity index (χ0n) is 15.9. The first-order chi connectivity index (χ1) is 13.1. The predicted molar refractivity (Wildman–Crippen MR) is 110 cm³/mol. The Bertz CT molecular complexity index is 784. The molecule has 0 spiro atoms. The minimum Gasteiger partial charge on any atom is -0.490 e. The maximum Gasteiger partial charge on any atom is 0.307 e. The van der Waals surface area contributed by atoms with Crippen LogP contribution in [0.3, 0.4) is 0 Å². The molecule has 0 bridgehead atoms. The van der Waals surface area contributed by atoms with Gasteiger partial charge in [0.2, 0.25) is 0 Å². The van der Waals surface area contributed by atoms with E-state index in [2.05, 4.69) is 0 Å². The summed E-state index contributed by atoms with van der Waals surface area (Å²) in [5.41, 5.74) is 9.03. The number of hydrogen-bond donors (Lipinski definition) is 1. The first-order valence-corrected chi connectivity index (χ1v) is 9.53. The van der Waals surface area contributed by atoms with Gasteiger partial charge in [0.15, 0.2) is 0 Å². The number of halogens is 1. The number of nitrogens with two attached hydrogens (primary N) is 1. The fraction of sp³-hybridized carbons (Fsp3) is 0.409. The highest BCUT2D eigenvalue weighted by Crippen LogP contribution is 2.43. The van der Waals surface area contributed by atoms with Crippen molar-refractivity contribution >= 4 is 18.4 Å². The van der Waals surface area contributed by atoms with E-state index in [0.717, 1.165) is 53.9 Å². The molecule has 2 N–H and O–H groups in total. The number of carbonyl (C=O) groups is 1. The van der Waals surface area contributed by atoms with Crippen molar-refractivity contribution in [1.82, 2.24) is 0 Å². The average Bonchev–Trinajstić information content (AvgIpc) is 3.59. The monoisotopic (exact) mass is 403 g/mol. The van der Waals surface area contributed by atoms with Crippen LogP contribution in [-0.2, 0) is 9.53 Å². The largest absolute Gasteiger partial charge is 0.490 e. The van der Waals surface area contributed by atoms with Crippen molar-refractivity contribution in [3.05, 3.63) is 48.0 Å². The average molecular weight is 404 g/mol. The van der Waals surface area contributed by atoms with Gasteiger partial charge >= 0.3 is 5.97 Å². The van der Waals surface area contributed by atoms with Gasteiger partial charge < -0.3 is 19.9 Å². The molecule has 2 aliphatic carbocycles. The van der Waals surface area contributed by atoms with Crippen LogP contribution in [0.25, 0.3) is 11.1 Å². The molecule has 0 radical (unpaired) electrons. The topological polar surface area (TPSA) is 70.8 Å². The van der Waals surface area contributed by atoms with E-state index in [4.69, 9.17) is 19.9 Å². The standard InChI is InChI=1S/C22H25NO4.ClH/c1-25-21(24)13-18(23)14-5-7-15(8-6-14)22-19(26-16-9-10-16)3-2-4-20(22)27-17-11-12-17;/h2-8,16-18H,9-13,23H2,1H3;1H/t18-;/m1./s1. The molecule has 0 heterocycles. The Hall–Kier alpha value is -2.24. The number of esters is 1. The van der Waals surface area contributed by atoms with E-state index in [9.17, 15) is 4.79 Å². The molecular weight excluding hydrogens is 378 g/mol. The summed E-state index contributed by atoms with van der Waals surface area (Å²) in [5.74, 6) is 1.42. The quantitative estimate of drug-likeness (QED) is 0.660. The van der Waals surface area contributed by atoms with Gasteiger partial charge in [0, 0.05) is 6.04 Å². The van der Waals surface area contributed by atoms with E-state index in [1.807, 2.05) is 42.5 Å². The summed E-state index contributed by atoms with van der Waals surface area (Å²) >= 11 is 0. The van der Waals surface area contributed by atoms with Crippen LogP contribution in [0.4, 0.5) is 0 Å². The Morgan fingerprint density at radius 3 is 2.00 bits per heavy atom. The lowest BCUT2D eigenvalue weighted by molar-refractivity contribution is -0.141. The molecule has 0 amide bonds. The Morgan fingerprint density at radius 1 is 1.00 bits per heavy atom. The number of benzene rings is 2. The molecule has 1 atom stereocenters. The molecular formula is C22H26ClNO4. The molecule has 28 heavy (non-hydrogen) atoms. The molecule has 0 aromatic heterocycles. The van der Waals surface area contributed by atoms with Gasteiger partial charge in [0.25, 0.3) is 0 Å². The zero-order valence-corrected chi connectivity index (χ0v) is 16.7. The Labute approximate surface area is 171 Å². The summed E-state index contributed by atoms with van der Waals surface area (Å²) < 4.78 is 17.0. The first kappa shape index (κ1) is 20.5. The predicted octanol–water partition coefficient (Wildman–Crippen LogP) is 4.42. The molecule has 2 saturated carbocycles. The second-order valence-electron chi connectivity index (χ2n) is 7.27. The van der Waals surface area contributed by atoms with Crippen molar-refractivity contribution in [3.8, 4) is 22.6 Å². The molecule has 2 aromatic rings. The lowest BCUT2D eigenvalue weighted by atomic mass is 9.98. The first-order valence-electron chi connectivity index (χ1n) is 9.53. The van der Waals surface area contributed by atoms with Crippen molar-refractivity contribution in [3.63, 3.8) is 0 Å². The van der Waals surface area contributed by atoms with E-state index in [-0.39, 0.29) is 30.8 Å². The van der Waals surface area contributed by atoms with E-state index >= 15 is 0 Å². The number of rotatable bonds is 8. The SMILES string of the molecule is COC(=O)C[C@@H](N)c1ccc(-c2c(OC3CC3)cccc2OC2CC2)cc1.Cl. The van der Waals surface area contributed by atoms with Gasteiger partial charge in [-0.3, -0.25) is 4.79 Å². The van der Waals surface area contributed by atoms with Gasteiger partial charge in [-0.05, 0) is 48.9 Å². The summed E-state index contributed by atoms with van der Waals surface area (Å²) in [6.07, 6.45) is 5.21. The third-order valence-electron chi connectivity index (χ3n) is 4.87. The molecule has 2 aromatic carbocycles. The minimum absolute atomic E-state index is 0. The molecule has 2 fully saturated rings. The molecule has 2 aliphatic rings. The third-order valence-corrected chi connectivity index (χ3v) is 4.87. The number of hydrogen-bond acceptors (Lipinski definition) is 5. The smallest absolute Gasteiger partial charge is 0.307 e. The third kappa shape index (κ3) is 4.97. The molecule has 6 heteroatoms. The lowest BCUT2D eigenvalue weighted by Gasteiger charge is -2.17. The van der Waals surface area contributed by atoms with Crippen molar-refractivity contribution < 1.29 is 19.0 Å². The molecule has 150 valence electrons. The van der Waals surface area contributed by atoms with Crippen LogP contribution in [0.2, 0.25) is 0 Å². The fourth-order valence-electron chi connectivity index (χ4n) is 3.00. The Morgan fingerprint density at radius 2 is 1.54 bits per heavy atom. The molecule has 0 unspecified atom stereocenters. The van der Waals surface area contributed by atoms with Gasteiger partial charge in [-0.25, -0.2) is 0 Å². The van der Waals surface area contributed by atoms with Gasteiger partial charge in [0.1, 0.15) is 11.5 Å². The van der Waals surface area contributed by atoms with Crippen molar-refractivity contribution in [2.75, 3.05) is 7.11 Å². The van der Waals surface area contributed by atoms with Crippen LogP contribution in [0.15, 0.2) is 42.5 Å². The maximum absolute atomic E-state index is 11.5. The van der Waals surface area contributed by atoms with Crippen LogP contribution in [-0.4, -0.2) is 25.3 Å². The van der Waals surface area contributed by atoms with Crippen LogP contribution in [0.5, 0.6) is 11.5 Å². The van der Waals surface area contributed by atoms with Crippen LogP contribution < -0.4 is 15.2 Å². The van der Waals surface area contributed by atoms with Crippen molar-refractivity contribution in [1.29, 1.82) is 0 Å². The Kier molecular flexibility index (Phi) is 6.47. The number of ether oxygens (including phenoxy) is 3. The molecule has 4 rings (SSSR count). The van der Waals surface area contributed by atoms with E-state index in [0.29, 0.717) is 12.2 Å². The second-order valence-corrected chi connectivity index (χ2v) is 7.27. The summed E-state index contributed by atoms with van der Waals surface area (Å²) in [7, 11) is 1.37. The number of methoxy groups -OCH3 is 1. The van der Waals surface area contributed by atoms with Crippen LogP contribution in [0.1, 0.15) is 43.7 Å². The highest BCUT2D eigenvalue weighted by Gasteiger charge is 2.28. The molecule has 0 saturated heterocycles. The molecule has 5 nitrogen and oxygen atoms in total. The highest BCUT2D eigenvalue weighted by molar-refractivity contribution is 5.85. The van der Waals surface area contributed by atoms with Gasteiger partial charge in [0.05, 0.1) is 31.3 Å². The van der Waals surface area contributed by atoms with Gasteiger partial charge in [-0.15, -0.1) is 12.4 Å². The Balaban J connectivity index is 0.00000225. The zero-order chi connectivity index (χ0) is 18.8. The van der Waals surface area contributed by atoms with Crippen LogP contribution in [0, 0.1) is 0 Å². The maximum atomic E-state index is 11.5. The minimum atomic E-state index is -0.383. The fourth-order valence-corrected chi connectivity index (χ4v) is 3.00. The highest BCUT2D eigenvalue weighted by atomic mass is 35.5. The normalized spacial score (nSPS) is 16.6.